The van der Waals surface area contributed by atoms with Crippen molar-refractivity contribution in [2.75, 3.05) is 6.54 Å². The van der Waals surface area contributed by atoms with E-state index in [9.17, 15) is 0 Å². The molecule has 0 spiro atoms. The summed E-state index contributed by atoms with van der Waals surface area (Å²) in [5.41, 5.74) is 1.49. The second-order valence-corrected chi connectivity index (χ2v) is 8.99. The Morgan fingerprint density at radius 1 is 1.20 bits per heavy atom. The average molecular weight is 524 g/mol. The van der Waals surface area contributed by atoms with E-state index < -0.39 is 0 Å². The molecule has 1 atom stereocenters. The first-order valence-electron chi connectivity index (χ1n) is 10.8. The van der Waals surface area contributed by atoms with Gasteiger partial charge in [-0.3, -0.25) is 0 Å². The van der Waals surface area contributed by atoms with Crippen LogP contribution in [0.25, 0.3) is 0 Å². The van der Waals surface area contributed by atoms with Gasteiger partial charge in [0.1, 0.15) is 12.4 Å². The van der Waals surface area contributed by atoms with Gasteiger partial charge in [-0.2, -0.15) is 0 Å². The summed E-state index contributed by atoms with van der Waals surface area (Å²) >= 11 is 0. The topological polar surface area (TPSA) is 67.1 Å². The van der Waals surface area contributed by atoms with Gasteiger partial charge in [-0.15, -0.1) is 34.2 Å². The van der Waals surface area contributed by atoms with Crippen LogP contribution in [0.3, 0.4) is 0 Å². The Kier molecular flexibility index (Phi) is 9.12. The van der Waals surface area contributed by atoms with Crippen molar-refractivity contribution in [1.29, 1.82) is 0 Å². The van der Waals surface area contributed by atoms with Gasteiger partial charge in [-0.1, -0.05) is 57.0 Å². The molecule has 0 amide bonds. The van der Waals surface area contributed by atoms with Crippen LogP contribution in [-0.2, 0) is 13.6 Å². The fourth-order valence-corrected chi connectivity index (χ4v) is 4.08. The highest BCUT2D eigenvalue weighted by Crippen LogP contribution is 2.39. The van der Waals surface area contributed by atoms with E-state index in [2.05, 4.69) is 65.9 Å². The zero-order valence-electron chi connectivity index (χ0n) is 19.0. The van der Waals surface area contributed by atoms with Gasteiger partial charge in [0.15, 0.2) is 11.8 Å². The summed E-state index contributed by atoms with van der Waals surface area (Å²) in [6, 6.07) is 10.6. The summed E-state index contributed by atoms with van der Waals surface area (Å²) in [6.07, 6.45) is 5.41. The minimum Gasteiger partial charge on any atom is -0.356 e. The van der Waals surface area contributed by atoms with Crippen molar-refractivity contribution in [2.24, 2.45) is 23.4 Å². The lowest BCUT2D eigenvalue weighted by Crippen LogP contribution is -2.44. The van der Waals surface area contributed by atoms with Crippen molar-refractivity contribution in [3.05, 3.63) is 47.5 Å². The summed E-state index contributed by atoms with van der Waals surface area (Å²) in [4.78, 5) is 4.83. The molecule has 1 aliphatic carbocycles. The van der Waals surface area contributed by atoms with Crippen LogP contribution < -0.4 is 10.6 Å². The van der Waals surface area contributed by atoms with Crippen LogP contribution in [0.15, 0.2) is 35.3 Å². The molecule has 2 N–H and O–H groups in total. The number of nitrogens with zero attached hydrogens (tertiary/aromatic N) is 4. The van der Waals surface area contributed by atoms with E-state index in [0.717, 1.165) is 30.1 Å². The molecule has 1 saturated carbocycles. The molecule has 166 valence electrons. The third-order valence-corrected chi connectivity index (χ3v) is 6.39. The molecule has 1 aromatic heterocycles. The van der Waals surface area contributed by atoms with E-state index >= 15 is 0 Å². The van der Waals surface area contributed by atoms with Gasteiger partial charge in [-0.25, -0.2) is 4.99 Å². The standard InChI is InChI=1S/C23H36N6.HI/c1-17(19-11-7-6-8-12-19)26-22(24-15-21-28-27-18(2)29(21)5)25-16-23(3,4)20-13-9-10-14-20;/h6-8,11-12,17,20H,9-10,13-16H2,1-5H3,(H2,24,25,26);1H. The maximum Gasteiger partial charge on any atom is 0.192 e. The minimum atomic E-state index is 0. The summed E-state index contributed by atoms with van der Waals surface area (Å²) in [6.45, 7) is 10.3. The van der Waals surface area contributed by atoms with Crippen molar-refractivity contribution in [3.63, 3.8) is 0 Å². The number of nitrogens with one attached hydrogen (secondary N) is 2. The van der Waals surface area contributed by atoms with Crippen LogP contribution in [0.5, 0.6) is 0 Å². The summed E-state index contributed by atoms with van der Waals surface area (Å²) in [7, 11) is 1.98. The number of aryl methyl sites for hydroxylation is 1. The molecule has 30 heavy (non-hydrogen) atoms. The van der Waals surface area contributed by atoms with E-state index in [4.69, 9.17) is 4.99 Å². The highest BCUT2D eigenvalue weighted by atomic mass is 127. The SMILES string of the molecule is Cc1nnc(CN=C(NCC(C)(C)C2CCCC2)NC(C)c2ccccc2)n1C.I. The lowest BCUT2D eigenvalue weighted by molar-refractivity contribution is 0.218. The van der Waals surface area contributed by atoms with E-state index in [1.165, 1.54) is 31.2 Å². The lowest BCUT2D eigenvalue weighted by atomic mass is 9.78. The maximum absolute atomic E-state index is 4.83. The van der Waals surface area contributed by atoms with E-state index in [1.807, 2.05) is 24.6 Å². The fourth-order valence-electron chi connectivity index (χ4n) is 4.08. The molecule has 1 aliphatic rings. The van der Waals surface area contributed by atoms with Crippen molar-refractivity contribution in [2.45, 2.75) is 66.0 Å². The number of hydrogen-bond acceptors (Lipinski definition) is 3. The number of aromatic nitrogens is 3. The first kappa shape index (κ1) is 24.6. The number of hydrogen-bond donors (Lipinski definition) is 2. The predicted octanol–water partition coefficient (Wildman–Crippen LogP) is 4.75. The average Bonchev–Trinajstić information content (AvgIpc) is 3.37. The van der Waals surface area contributed by atoms with Crippen molar-refractivity contribution < 1.29 is 0 Å². The Labute approximate surface area is 198 Å². The molecule has 1 aromatic carbocycles. The molecule has 1 heterocycles. The molecule has 0 saturated heterocycles. The number of benzene rings is 1. The van der Waals surface area contributed by atoms with Crippen LogP contribution in [-0.4, -0.2) is 27.3 Å². The summed E-state index contributed by atoms with van der Waals surface area (Å²) in [5.74, 6) is 3.38. The zero-order valence-corrected chi connectivity index (χ0v) is 21.3. The quantitative estimate of drug-likeness (QED) is 0.312. The van der Waals surface area contributed by atoms with Crippen LogP contribution in [0.1, 0.15) is 69.7 Å². The first-order chi connectivity index (χ1) is 13.9. The zero-order chi connectivity index (χ0) is 20.9. The Balaban J connectivity index is 0.00000320. The Morgan fingerprint density at radius 2 is 1.87 bits per heavy atom. The molecule has 1 fully saturated rings. The lowest BCUT2D eigenvalue weighted by Gasteiger charge is -2.33. The van der Waals surface area contributed by atoms with Crippen molar-refractivity contribution >= 4 is 29.9 Å². The maximum atomic E-state index is 4.83. The highest BCUT2D eigenvalue weighted by molar-refractivity contribution is 14.0. The molecule has 0 aliphatic heterocycles. The largest absolute Gasteiger partial charge is 0.356 e. The summed E-state index contributed by atoms with van der Waals surface area (Å²) < 4.78 is 1.99. The van der Waals surface area contributed by atoms with Gasteiger partial charge in [0.2, 0.25) is 0 Å². The fraction of sp³-hybridized carbons (Fsp3) is 0.609. The highest BCUT2D eigenvalue weighted by Gasteiger charge is 2.31. The molecule has 7 heteroatoms. The molecule has 1 unspecified atom stereocenters. The van der Waals surface area contributed by atoms with Gasteiger partial charge in [-0.05, 0) is 43.6 Å². The number of rotatable bonds is 7. The Hall–Kier alpha value is -1.64. The predicted molar refractivity (Wildman–Crippen MR) is 134 cm³/mol. The van der Waals surface area contributed by atoms with Gasteiger partial charge in [0.05, 0.1) is 6.04 Å². The molecule has 2 aromatic rings. The third-order valence-electron chi connectivity index (χ3n) is 6.39. The molecular weight excluding hydrogens is 487 g/mol. The van der Waals surface area contributed by atoms with Crippen molar-refractivity contribution in [3.8, 4) is 0 Å². The van der Waals surface area contributed by atoms with Crippen LogP contribution in [0.4, 0.5) is 0 Å². The van der Waals surface area contributed by atoms with E-state index in [-0.39, 0.29) is 35.4 Å². The molecule has 3 rings (SSSR count). The molecule has 0 radical (unpaired) electrons. The smallest absolute Gasteiger partial charge is 0.192 e. The first-order valence-corrected chi connectivity index (χ1v) is 10.8. The van der Waals surface area contributed by atoms with Gasteiger partial charge >= 0.3 is 0 Å². The van der Waals surface area contributed by atoms with E-state index in [0.29, 0.717) is 6.54 Å². The number of guanidine groups is 1. The van der Waals surface area contributed by atoms with Crippen LogP contribution in [0, 0.1) is 18.3 Å². The normalized spacial score (nSPS) is 16.2. The van der Waals surface area contributed by atoms with Gasteiger partial charge < -0.3 is 15.2 Å². The summed E-state index contributed by atoms with van der Waals surface area (Å²) in [5, 5.41) is 15.6. The number of aliphatic imine (C=N–C) groups is 1. The third kappa shape index (κ3) is 6.43. The monoisotopic (exact) mass is 524 g/mol. The second kappa shape index (κ2) is 11.1. The van der Waals surface area contributed by atoms with Crippen LogP contribution >= 0.6 is 24.0 Å². The second-order valence-electron chi connectivity index (χ2n) is 8.99. The molecule has 6 nitrogen and oxygen atoms in total. The van der Waals surface area contributed by atoms with Crippen molar-refractivity contribution in [1.82, 2.24) is 25.4 Å². The Morgan fingerprint density at radius 3 is 2.47 bits per heavy atom. The Bertz CT molecular complexity index is 808. The van der Waals surface area contributed by atoms with Gasteiger partial charge in [0, 0.05) is 13.6 Å². The number of halogens is 1. The van der Waals surface area contributed by atoms with Gasteiger partial charge in [0.25, 0.3) is 0 Å². The van der Waals surface area contributed by atoms with E-state index in [1.54, 1.807) is 0 Å². The molecule has 0 bridgehead atoms. The van der Waals surface area contributed by atoms with Crippen LogP contribution in [0.2, 0.25) is 0 Å². The molecular formula is C23H37IN6. The minimum absolute atomic E-state index is 0.